The molecule has 0 radical (unpaired) electrons. The number of anilines is 1. The molecule has 3 N–H and O–H groups in total. The second-order valence-electron chi connectivity index (χ2n) is 5.41. The van der Waals surface area contributed by atoms with Gasteiger partial charge in [-0.05, 0) is 37.8 Å². The first-order chi connectivity index (χ1) is 9.97. The molecule has 2 rings (SSSR count). The van der Waals surface area contributed by atoms with E-state index in [1.807, 2.05) is 0 Å². The first-order valence-electron chi connectivity index (χ1n) is 7.01. The van der Waals surface area contributed by atoms with E-state index in [0.29, 0.717) is 5.69 Å². The van der Waals surface area contributed by atoms with Gasteiger partial charge in [-0.3, -0.25) is 10.1 Å². The molecule has 7 heteroatoms. The number of nitro groups is 1. The lowest BCUT2D eigenvalue weighted by Gasteiger charge is -2.33. The van der Waals surface area contributed by atoms with E-state index in [9.17, 15) is 14.9 Å². The average Bonchev–Trinajstić information content (AvgIpc) is 2.47. The summed E-state index contributed by atoms with van der Waals surface area (Å²) in [6.07, 6.45) is 3.68. The zero-order valence-corrected chi connectivity index (χ0v) is 12.0. The number of carbonyl (C=O) groups excluding carboxylic acids is 1. The Morgan fingerprint density at radius 2 is 1.86 bits per heavy atom. The third kappa shape index (κ3) is 3.91. The lowest BCUT2D eigenvalue weighted by Crippen LogP contribution is -2.43. The van der Waals surface area contributed by atoms with Crippen LogP contribution in [0.3, 0.4) is 0 Å². The van der Waals surface area contributed by atoms with E-state index in [4.69, 9.17) is 5.73 Å². The van der Waals surface area contributed by atoms with Gasteiger partial charge in [-0.25, -0.2) is 4.79 Å². The number of nitrogens with two attached hydrogens (primary N) is 1. The SMILES string of the molecule is CN(C(=O)Nc1ccc([N+](=O)[O-])cc1)C1CCC(N)CC1. The molecule has 114 valence electrons. The monoisotopic (exact) mass is 292 g/mol. The van der Waals surface area contributed by atoms with Crippen molar-refractivity contribution < 1.29 is 9.72 Å². The molecule has 0 aliphatic heterocycles. The molecule has 0 spiro atoms. The molecule has 0 bridgehead atoms. The number of hydrogen-bond acceptors (Lipinski definition) is 4. The molecule has 21 heavy (non-hydrogen) atoms. The van der Waals surface area contributed by atoms with E-state index in [0.717, 1.165) is 25.7 Å². The van der Waals surface area contributed by atoms with Gasteiger partial charge < -0.3 is 16.0 Å². The van der Waals surface area contributed by atoms with Gasteiger partial charge in [0, 0.05) is 37.0 Å². The van der Waals surface area contributed by atoms with Gasteiger partial charge >= 0.3 is 6.03 Å². The predicted octanol–water partition coefficient (Wildman–Crippen LogP) is 2.33. The minimum atomic E-state index is -0.469. The van der Waals surface area contributed by atoms with Crippen LogP contribution in [-0.4, -0.2) is 35.0 Å². The molecule has 1 aromatic rings. The van der Waals surface area contributed by atoms with Crippen LogP contribution in [0.5, 0.6) is 0 Å². The summed E-state index contributed by atoms with van der Waals surface area (Å²) in [5.74, 6) is 0. The average molecular weight is 292 g/mol. The van der Waals surface area contributed by atoms with E-state index in [2.05, 4.69) is 5.32 Å². The molecule has 0 aromatic heterocycles. The minimum absolute atomic E-state index is 0.00243. The third-order valence-corrected chi connectivity index (χ3v) is 3.94. The van der Waals surface area contributed by atoms with Crippen molar-refractivity contribution in [1.29, 1.82) is 0 Å². The van der Waals surface area contributed by atoms with Crippen molar-refractivity contribution in [2.75, 3.05) is 12.4 Å². The van der Waals surface area contributed by atoms with Crippen molar-refractivity contribution >= 4 is 17.4 Å². The Labute approximate surface area is 123 Å². The standard InChI is InChI=1S/C14H20N4O3/c1-17(12-6-2-10(15)3-7-12)14(19)16-11-4-8-13(9-5-11)18(20)21/h4-5,8-10,12H,2-3,6-7,15H2,1H3,(H,16,19). The molecular formula is C14H20N4O3. The van der Waals surface area contributed by atoms with Crippen molar-refractivity contribution in [2.45, 2.75) is 37.8 Å². The van der Waals surface area contributed by atoms with Crippen molar-refractivity contribution in [3.8, 4) is 0 Å². The summed E-state index contributed by atoms with van der Waals surface area (Å²) in [6.45, 7) is 0. The van der Waals surface area contributed by atoms with Crippen molar-refractivity contribution in [3.63, 3.8) is 0 Å². The van der Waals surface area contributed by atoms with Crippen LogP contribution in [0.4, 0.5) is 16.2 Å². The van der Waals surface area contributed by atoms with Gasteiger partial charge in [-0.2, -0.15) is 0 Å². The molecular weight excluding hydrogens is 272 g/mol. The second-order valence-corrected chi connectivity index (χ2v) is 5.41. The van der Waals surface area contributed by atoms with Gasteiger partial charge in [-0.15, -0.1) is 0 Å². The van der Waals surface area contributed by atoms with Crippen LogP contribution in [0.2, 0.25) is 0 Å². The van der Waals surface area contributed by atoms with E-state index in [-0.39, 0.29) is 23.8 Å². The van der Waals surface area contributed by atoms with E-state index in [1.165, 1.54) is 24.3 Å². The molecule has 7 nitrogen and oxygen atoms in total. The van der Waals surface area contributed by atoms with Crippen molar-refractivity contribution in [1.82, 2.24) is 4.90 Å². The fourth-order valence-electron chi connectivity index (χ4n) is 2.53. The molecule has 1 aliphatic carbocycles. The highest BCUT2D eigenvalue weighted by Gasteiger charge is 2.25. The first kappa shape index (κ1) is 15.2. The molecule has 1 aliphatic rings. The maximum Gasteiger partial charge on any atom is 0.321 e. The number of nitrogens with one attached hydrogen (secondary N) is 1. The van der Waals surface area contributed by atoms with Gasteiger partial charge in [-0.1, -0.05) is 0 Å². The molecule has 1 saturated carbocycles. The van der Waals surface area contributed by atoms with Gasteiger partial charge in [0.2, 0.25) is 0 Å². The van der Waals surface area contributed by atoms with Crippen LogP contribution in [0.1, 0.15) is 25.7 Å². The predicted molar refractivity (Wildman–Crippen MR) is 80.1 cm³/mol. The number of rotatable bonds is 3. The van der Waals surface area contributed by atoms with E-state index < -0.39 is 4.92 Å². The van der Waals surface area contributed by atoms with Crippen LogP contribution < -0.4 is 11.1 Å². The zero-order chi connectivity index (χ0) is 15.4. The summed E-state index contributed by atoms with van der Waals surface area (Å²) in [5.41, 5.74) is 6.41. The highest BCUT2D eigenvalue weighted by atomic mass is 16.6. The smallest absolute Gasteiger partial charge is 0.321 e. The number of nitro benzene ring substituents is 1. The van der Waals surface area contributed by atoms with Crippen molar-refractivity contribution in [3.05, 3.63) is 34.4 Å². The van der Waals surface area contributed by atoms with Gasteiger partial charge in [0.15, 0.2) is 0 Å². The maximum atomic E-state index is 12.2. The van der Waals surface area contributed by atoms with Crippen LogP contribution in [0.25, 0.3) is 0 Å². The highest BCUT2D eigenvalue weighted by Crippen LogP contribution is 2.22. The Balaban J connectivity index is 1.92. The van der Waals surface area contributed by atoms with Crippen LogP contribution >= 0.6 is 0 Å². The lowest BCUT2D eigenvalue weighted by molar-refractivity contribution is -0.384. The van der Waals surface area contributed by atoms with Crippen LogP contribution in [-0.2, 0) is 0 Å². The largest absolute Gasteiger partial charge is 0.328 e. The number of non-ortho nitro benzene ring substituents is 1. The lowest BCUT2D eigenvalue weighted by atomic mass is 9.91. The summed E-state index contributed by atoms with van der Waals surface area (Å²) in [7, 11) is 1.77. The summed E-state index contributed by atoms with van der Waals surface area (Å²) < 4.78 is 0. The van der Waals surface area contributed by atoms with Gasteiger partial charge in [0.05, 0.1) is 4.92 Å². The topological polar surface area (TPSA) is 102 Å². The summed E-state index contributed by atoms with van der Waals surface area (Å²) >= 11 is 0. The maximum absolute atomic E-state index is 12.2. The minimum Gasteiger partial charge on any atom is -0.328 e. The molecule has 0 unspecified atom stereocenters. The van der Waals surface area contributed by atoms with Crippen LogP contribution in [0, 0.1) is 10.1 Å². The fraction of sp³-hybridized carbons (Fsp3) is 0.500. The van der Waals surface area contributed by atoms with Crippen molar-refractivity contribution in [2.24, 2.45) is 5.73 Å². The normalized spacial score (nSPS) is 21.6. The fourth-order valence-corrected chi connectivity index (χ4v) is 2.53. The number of hydrogen-bond donors (Lipinski definition) is 2. The molecule has 1 aromatic carbocycles. The Kier molecular flexibility index (Phi) is 4.74. The molecule has 0 saturated heterocycles. The third-order valence-electron chi connectivity index (χ3n) is 3.94. The Bertz CT molecular complexity index is 509. The number of benzene rings is 1. The second kappa shape index (κ2) is 6.53. The molecule has 1 fully saturated rings. The molecule has 0 atom stereocenters. The first-order valence-corrected chi connectivity index (χ1v) is 7.01. The van der Waals surface area contributed by atoms with Gasteiger partial charge in [0.1, 0.15) is 0 Å². The number of urea groups is 1. The zero-order valence-electron chi connectivity index (χ0n) is 12.0. The number of nitrogens with zero attached hydrogens (tertiary/aromatic N) is 2. The van der Waals surface area contributed by atoms with Crippen LogP contribution in [0.15, 0.2) is 24.3 Å². The molecule has 0 heterocycles. The van der Waals surface area contributed by atoms with Gasteiger partial charge in [0.25, 0.3) is 5.69 Å². The number of carbonyl (C=O) groups is 1. The summed E-state index contributed by atoms with van der Waals surface area (Å²) in [5, 5.41) is 13.3. The quantitative estimate of drug-likeness (QED) is 0.659. The highest BCUT2D eigenvalue weighted by molar-refractivity contribution is 5.89. The van der Waals surface area contributed by atoms with E-state index in [1.54, 1.807) is 11.9 Å². The Morgan fingerprint density at radius 1 is 1.29 bits per heavy atom. The summed E-state index contributed by atoms with van der Waals surface area (Å²) in [6, 6.07) is 6.03. The Hall–Kier alpha value is -2.15. The number of amides is 2. The summed E-state index contributed by atoms with van der Waals surface area (Å²) in [4.78, 5) is 24.0. The molecule has 2 amide bonds. The Morgan fingerprint density at radius 3 is 2.38 bits per heavy atom. The van der Waals surface area contributed by atoms with E-state index >= 15 is 0 Å².